The van der Waals surface area contributed by atoms with E-state index < -0.39 is 0 Å². The van der Waals surface area contributed by atoms with Gasteiger partial charge in [-0.1, -0.05) is 12.8 Å². The lowest BCUT2D eigenvalue weighted by Gasteiger charge is -2.36. The number of methoxy groups -OCH3 is 1. The second kappa shape index (κ2) is 7.09. The first-order valence-electron chi connectivity index (χ1n) is 8.28. The number of rotatable bonds is 4. The normalized spacial score (nSPS) is 20.3. The second-order valence-electron chi connectivity index (χ2n) is 6.33. The predicted molar refractivity (Wildman–Crippen MR) is 85.1 cm³/mol. The Kier molecular flexibility index (Phi) is 4.93. The third-order valence-corrected chi connectivity index (χ3v) is 4.84. The number of hydrogen-bond donors (Lipinski definition) is 0. The van der Waals surface area contributed by atoms with E-state index >= 15 is 0 Å². The number of ether oxygens (including phenoxy) is 1. The molecule has 120 valence electrons. The van der Waals surface area contributed by atoms with Crippen LogP contribution in [0.25, 0.3) is 0 Å². The molecule has 0 aromatic carbocycles. The van der Waals surface area contributed by atoms with E-state index in [4.69, 9.17) is 4.74 Å². The van der Waals surface area contributed by atoms with Crippen LogP contribution in [0.5, 0.6) is 5.88 Å². The molecule has 0 radical (unpaired) electrons. The summed E-state index contributed by atoms with van der Waals surface area (Å²) in [4.78, 5) is 21.1. The summed E-state index contributed by atoms with van der Waals surface area (Å²) in [6.45, 7) is 4.83. The maximum atomic E-state index is 12.5. The van der Waals surface area contributed by atoms with Crippen LogP contribution in [0.4, 0.5) is 0 Å². The van der Waals surface area contributed by atoms with Crippen LogP contribution in [0.1, 0.15) is 36.0 Å². The van der Waals surface area contributed by atoms with E-state index in [1.807, 2.05) is 4.90 Å². The number of piperazine rings is 1. The lowest BCUT2D eigenvalue weighted by atomic mass is 10.1. The Morgan fingerprint density at radius 1 is 1.27 bits per heavy atom. The van der Waals surface area contributed by atoms with E-state index in [0.29, 0.717) is 11.4 Å². The van der Waals surface area contributed by atoms with Crippen LogP contribution in [0, 0.1) is 5.92 Å². The van der Waals surface area contributed by atoms with Gasteiger partial charge in [-0.2, -0.15) is 0 Å². The molecule has 0 N–H and O–H groups in total. The summed E-state index contributed by atoms with van der Waals surface area (Å²) in [5.41, 5.74) is 0.663. The highest BCUT2D eigenvalue weighted by molar-refractivity contribution is 5.94. The third kappa shape index (κ3) is 3.58. The van der Waals surface area contributed by atoms with E-state index in [1.165, 1.54) is 32.2 Å². The lowest BCUT2D eigenvalue weighted by Crippen LogP contribution is -2.49. The first-order valence-corrected chi connectivity index (χ1v) is 8.28. The summed E-state index contributed by atoms with van der Waals surface area (Å²) < 4.78 is 5.09. The number of amides is 1. The zero-order chi connectivity index (χ0) is 15.4. The number of carbonyl (C=O) groups excluding carboxylic acids is 1. The van der Waals surface area contributed by atoms with Crippen molar-refractivity contribution < 1.29 is 9.53 Å². The van der Waals surface area contributed by atoms with Crippen LogP contribution >= 0.6 is 0 Å². The molecule has 2 fully saturated rings. The Balaban J connectivity index is 1.52. The minimum atomic E-state index is 0.0845. The van der Waals surface area contributed by atoms with Gasteiger partial charge in [0.2, 0.25) is 5.88 Å². The minimum absolute atomic E-state index is 0.0845. The van der Waals surface area contributed by atoms with Crippen molar-refractivity contribution >= 4 is 5.91 Å². The third-order valence-electron chi connectivity index (χ3n) is 4.84. The van der Waals surface area contributed by atoms with Gasteiger partial charge < -0.3 is 9.64 Å². The van der Waals surface area contributed by atoms with Gasteiger partial charge in [0.25, 0.3) is 5.91 Å². The smallest absolute Gasteiger partial charge is 0.254 e. The van der Waals surface area contributed by atoms with Gasteiger partial charge in [-0.15, -0.1) is 0 Å². The molecule has 1 amide bonds. The standard InChI is InChI=1S/C17H25N3O2/c1-22-16-12-15(6-7-18-16)17(21)20-10-8-19(9-11-20)13-14-4-2-3-5-14/h6-7,12,14H,2-5,8-11,13H2,1H3. The van der Waals surface area contributed by atoms with Crippen molar-refractivity contribution in [1.82, 2.24) is 14.8 Å². The van der Waals surface area contributed by atoms with Gasteiger partial charge in [-0.3, -0.25) is 9.69 Å². The van der Waals surface area contributed by atoms with Gasteiger partial charge in [0, 0.05) is 50.6 Å². The van der Waals surface area contributed by atoms with Gasteiger partial charge >= 0.3 is 0 Å². The molecule has 1 aliphatic carbocycles. The molecular weight excluding hydrogens is 278 g/mol. The van der Waals surface area contributed by atoms with Crippen LogP contribution < -0.4 is 4.74 Å². The van der Waals surface area contributed by atoms with Crippen LogP contribution in [0.3, 0.4) is 0 Å². The summed E-state index contributed by atoms with van der Waals surface area (Å²) in [5.74, 6) is 1.46. The van der Waals surface area contributed by atoms with Gasteiger partial charge in [0.15, 0.2) is 0 Å². The van der Waals surface area contributed by atoms with E-state index in [2.05, 4.69) is 9.88 Å². The second-order valence-corrected chi connectivity index (χ2v) is 6.33. The monoisotopic (exact) mass is 303 g/mol. The highest BCUT2D eigenvalue weighted by Gasteiger charge is 2.25. The molecule has 1 saturated carbocycles. The summed E-state index contributed by atoms with van der Waals surface area (Å²) in [7, 11) is 1.57. The van der Waals surface area contributed by atoms with Gasteiger partial charge in [-0.25, -0.2) is 4.98 Å². The summed E-state index contributed by atoms with van der Waals surface area (Å²) in [6, 6.07) is 3.48. The van der Waals surface area contributed by atoms with Crippen molar-refractivity contribution in [2.75, 3.05) is 39.8 Å². The van der Waals surface area contributed by atoms with Gasteiger partial charge in [0.1, 0.15) is 0 Å². The molecule has 1 aliphatic heterocycles. The molecule has 2 aliphatic rings. The highest BCUT2D eigenvalue weighted by Crippen LogP contribution is 2.25. The molecule has 1 aromatic heterocycles. The largest absolute Gasteiger partial charge is 0.481 e. The van der Waals surface area contributed by atoms with E-state index in [9.17, 15) is 4.79 Å². The summed E-state index contributed by atoms with van der Waals surface area (Å²) >= 11 is 0. The SMILES string of the molecule is COc1cc(C(=O)N2CCN(CC3CCCC3)CC2)ccn1. The van der Waals surface area contributed by atoms with Crippen molar-refractivity contribution in [2.45, 2.75) is 25.7 Å². The van der Waals surface area contributed by atoms with Crippen LogP contribution in [0.15, 0.2) is 18.3 Å². The topological polar surface area (TPSA) is 45.7 Å². The minimum Gasteiger partial charge on any atom is -0.481 e. The molecule has 5 nitrogen and oxygen atoms in total. The maximum absolute atomic E-state index is 12.5. The van der Waals surface area contributed by atoms with Gasteiger partial charge in [-0.05, 0) is 24.8 Å². The highest BCUT2D eigenvalue weighted by atomic mass is 16.5. The van der Waals surface area contributed by atoms with Gasteiger partial charge in [0.05, 0.1) is 7.11 Å². The molecule has 0 bridgehead atoms. The average molecular weight is 303 g/mol. The Morgan fingerprint density at radius 3 is 2.68 bits per heavy atom. The van der Waals surface area contributed by atoms with Crippen LogP contribution in [-0.2, 0) is 0 Å². The number of nitrogens with zero attached hydrogens (tertiary/aromatic N) is 3. The molecule has 1 aromatic rings. The number of carbonyl (C=O) groups is 1. The Morgan fingerprint density at radius 2 is 2.00 bits per heavy atom. The zero-order valence-corrected chi connectivity index (χ0v) is 13.3. The number of pyridine rings is 1. The fourth-order valence-corrected chi connectivity index (χ4v) is 3.53. The molecule has 0 atom stereocenters. The van der Waals surface area contributed by atoms with Crippen LogP contribution in [-0.4, -0.2) is 60.5 Å². The Hall–Kier alpha value is -1.62. The van der Waals surface area contributed by atoms with Crippen molar-refractivity contribution in [2.24, 2.45) is 5.92 Å². The molecule has 3 rings (SSSR count). The first kappa shape index (κ1) is 15.3. The molecule has 0 unspecified atom stereocenters. The summed E-state index contributed by atoms with van der Waals surface area (Å²) in [6.07, 6.45) is 7.19. The van der Waals surface area contributed by atoms with Crippen molar-refractivity contribution in [1.29, 1.82) is 0 Å². The molecular formula is C17H25N3O2. The molecule has 22 heavy (non-hydrogen) atoms. The number of aromatic nitrogens is 1. The van der Waals surface area contributed by atoms with Crippen LogP contribution in [0.2, 0.25) is 0 Å². The van der Waals surface area contributed by atoms with E-state index in [-0.39, 0.29) is 5.91 Å². The van der Waals surface area contributed by atoms with Crippen molar-refractivity contribution in [3.05, 3.63) is 23.9 Å². The fraction of sp³-hybridized carbons (Fsp3) is 0.647. The maximum Gasteiger partial charge on any atom is 0.254 e. The quantitative estimate of drug-likeness (QED) is 0.854. The predicted octanol–water partition coefficient (Wildman–Crippen LogP) is 2.04. The molecule has 0 spiro atoms. The van der Waals surface area contributed by atoms with E-state index in [1.54, 1.807) is 25.4 Å². The number of hydrogen-bond acceptors (Lipinski definition) is 4. The van der Waals surface area contributed by atoms with Crippen molar-refractivity contribution in [3.8, 4) is 5.88 Å². The molecule has 5 heteroatoms. The molecule has 2 heterocycles. The van der Waals surface area contributed by atoms with E-state index in [0.717, 1.165) is 32.1 Å². The Labute approximate surface area is 132 Å². The van der Waals surface area contributed by atoms with Crippen molar-refractivity contribution in [3.63, 3.8) is 0 Å². The Bertz CT molecular complexity index is 506. The molecule has 1 saturated heterocycles. The first-order chi connectivity index (χ1) is 10.8. The zero-order valence-electron chi connectivity index (χ0n) is 13.3. The average Bonchev–Trinajstić information content (AvgIpc) is 3.08. The lowest BCUT2D eigenvalue weighted by molar-refractivity contribution is 0.0617. The fourth-order valence-electron chi connectivity index (χ4n) is 3.53. The summed E-state index contributed by atoms with van der Waals surface area (Å²) in [5, 5.41) is 0.